The van der Waals surface area contributed by atoms with Gasteiger partial charge in [0.25, 0.3) is 5.91 Å². The van der Waals surface area contributed by atoms with Gasteiger partial charge in [-0.3, -0.25) is 9.59 Å². The van der Waals surface area contributed by atoms with Crippen LogP contribution in [0.3, 0.4) is 0 Å². The molecule has 0 radical (unpaired) electrons. The molecule has 1 amide bonds. The van der Waals surface area contributed by atoms with E-state index in [1.807, 2.05) is 6.92 Å². The van der Waals surface area contributed by atoms with Gasteiger partial charge in [-0.15, -0.1) is 0 Å². The van der Waals surface area contributed by atoms with Gasteiger partial charge in [0.2, 0.25) is 0 Å². The average molecular weight is 395 g/mol. The second kappa shape index (κ2) is 9.22. The number of benzene rings is 2. The maximum atomic E-state index is 12.1. The number of hydrazone groups is 1. The lowest BCUT2D eigenvalue weighted by Gasteiger charge is -2.10. The minimum Gasteiger partial charge on any atom is -0.490 e. The molecule has 2 aromatic carbocycles. The Balaban J connectivity index is 2.10. The van der Waals surface area contributed by atoms with Gasteiger partial charge in [-0.2, -0.15) is 5.10 Å². The quantitative estimate of drug-likeness (QED) is 0.346. The van der Waals surface area contributed by atoms with Crippen LogP contribution in [0.1, 0.15) is 29.8 Å². The van der Waals surface area contributed by atoms with E-state index < -0.39 is 11.9 Å². The van der Waals surface area contributed by atoms with Gasteiger partial charge >= 0.3 is 5.97 Å². The number of amides is 1. The third-order valence-corrected chi connectivity index (χ3v) is 3.62. The molecule has 0 heterocycles. The Morgan fingerprint density at radius 3 is 2.58 bits per heavy atom. The molecule has 0 spiro atoms. The van der Waals surface area contributed by atoms with Gasteiger partial charge in [-0.25, -0.2) is 5.43 Å². The van der Waals surface area contributed by atoms with Crippen molar-refractivity contribution in [1.29, 1.82) is 0 Å². The minimum atomic E-state index is -0.468. The van der Waals surface area contributed by atoms with Gasteiger partial charge in [0.15, 0.2) is 11.5 Å². The maximum absolute atomic E-state index is 12.1. The molecule has 8 heteroatoms. The molecule has 136 valence electrons. The van der Waals surface area contributed by atoms with Crippen molar-refractivity contribution in [2.75, 3.05) is 6.61 Å². The number of halogens is 2. The number of ether oxygens (including phenoxy) is 2. The first-order valence-electron chi connectivity index (χ1n) is 7.64. The Kier molecular flexibility index (Phi) is 7.00. The fraction of sp³-hybridized carbons (Fsp3) is 0.167. The first-order chi connectivity index (χ1) is 12.4. The molecule has 0 aliphatic rings. The van der Waals surface area contributed by atoms with Crippen LogP contribution in [-0.4, -0.2) is 24.7 Å². The molecule has 0 atom stereocenters. The molecule has 2 rings (SSSR count). The summed E-state index contributed by atoms with van der Waals surface area (Å²) in [5.41, 5.74) is 3.29. The predicted molar refractivity (Wildman–Crippen MR) is 100 cm³/mol. The van der Waals surface area contributed by atoms with Crippen molar-refractivity contribution in [3.8, 4) is 11.5 Å². The van der Waals surface area contributed by atoms with E-state index in [-0.39, 0.29) is 10.6 Å². The first-order valence-corrected chi connectivity index (χ1v) is 8.40. The highest BCUT2D eigenvalue weighted by Gasteiger charge is 2.10. The molecule has 0 aliphatic carbocycles. The number of hydrogen-bond acceptors (Lipinski definition) is 5. The topological polar surface area (TPSA) is 77.0 Å². The maximum Gasteiger partial charge on any atom is 0.308 e. The molecule has 0 aromatic heterocycles. The summed E-state index contributed by atoms with van der Waals surface area (Å²) in [6.07, 6.45) is 1.43. The van der Waals surface area contributed by atoms with Crippen LogP contribution in [0.15, 0.2) is 41.5 Å². The second-order valence-electron chi connectivity index (χ2n) is 5.06. The highest BCUT2D eigenvalue weighted by atomic mass is 35.5. The van der Waals surface area contributed by atoms with Crippen LogP contribution >= 0.6 is 23.2 Å². The summed E-state index contributed by atoms with van der Waals surface area (Å²) >= 11 is 11.8. The largest absolute Gasteiger partial charge is 0.490 e. The van der Waals surface area contributed by atoms with Gasteiger partial charge in [-0.1, -0.05) is 23.2 Å². The molecular weight excluding hydrogens is 379 g/mol. The number of rotatable bonds is 6. The standard InChI is InChI=1S/C18H16Cl2N2O4/c1-3-25-17-8-12(4-7-16(17)26-11(2)23)10-21-22-18(24)14-6-5-13(19)9-15(14)20/h4-10H,3H2,1-2H3,(H,22,24)/b21-10-. The highest BCUT2D eigenvalue weighted by molar-refractivity contribution is 6.36. The predicted octanol–water partition coefficient (Wildman–Crippen LogP) is 4.08. The van der Waals surface area contributed by atoms with Gasteiger partial charge in [0.1, 0.15) is 0 Å². The van der Waals surface area contributed by atoms with Crippen LogP contribution in [-0.2, 0) is 4.79 Å². The van der Waals surface area contributed by atoms with E-state index in [9.17, 15) is 9.59 Å². The number of carbonyl (C=O) groups excluding carboxylic acids is 2. The van der Waals surface area contributed by atoms with E-state index in [0.29, 0.717) is 28.7 Å². The van der Waals surface area contributed by atoms with Gasteiger partial charge in [0, 0.05) is 11.9 Å². The SMILES string of the molecule is CCOc1cc(/C=N\NC(=O)c2ccc(Cl)cc2Cl)ccc1OC(C)=O. The lowest BCUT2D eigenvalue weighted by molar-refractivity contribution is -0.132. The molecule has 0 unspecified atom stereocenters. The summed E-state index contributed by atoms with van der Waals surface area (Å²) in [5.74, 6) is -0.198. The number of hydrogen-bond donors (Lipinski definition) is 1. The van der Waals surface area contributed by atoms with Crippen molar-refractivity contribution in [3.63, 3.8) is 0 Å². The molecule has 1 N–H and O–H groups in total. The summed E-state index contributed by atoms with van der Waals surface area (Å²) in [7, 11) is 0. The van der Waals surface area contributed by atoms with Gasteiger partial charge < -0.3 is 9.47 Å². The Bertz CT molecular complexity index is 853. The van der Waals surface area contributed by atoms with Crippen LogP contribution in [0.25, 0.3) is 0 Å². The first kappa shape index (κ1) is 19.8. The average Bonchev–Trinajstić information content (AvgIpc) is 2.56. The monoisotopic (exact) mass is 394 g/mol. The van der Waals surface area contributed by atoms with Crippen molar-refractivity contribution in [2.45, 2.75) is 13.8 Å². The molecule has 0 aliphatic heterocycles. The third kappa shape index (κ3) is 5.47. The van der Waals surface area contributed by atoms with Crippen molar-refractivity contribution in [3.05, 3.63) is 57.6 Å². The highest BCUT2D eigenvalue weighted by Crippen LogP contribution is 2.28. The summed E-state index contributed by atoms with van der Waals surface area (Å²) in [4.78, 5) is 23.2. The molecule has 0 saturated heterocycles. The van der Waals surface area contributed by atoms with Crippen LogP contribution in [0.4, 0.5) is 0 Å². The molecule has 0 saturated carbocycles. The van der Waals surface area contributed by atoms with E-state index in [2.05, 4.69) is 10.5 Å². The molecule has 26 heavy (non-hydrogen) atoms. The molecule has 2 aromatic rings. The summed E-state index contributed by atoms with van der Waals surface area (Å²) < 4.78 is 10.5. The zero-order chi connectivity index (χ0) is 19.1. The van der Waals surface area contributed by atoms with E-state index in [1.165, 1.54) is 25.3 Å². The number of nitrogens with zero attached hydrogens (tertiary/aromatic N) is 1. The normalized spacial score (nSPS) is 10.6. The van der Waals surface area contributed by atoms with Crippen LogP contribution in [0, 0.1) is 0 Å². The Hall–Kier alpha value is -2.57. The fourth-order valence-electron chi connectivity index (χ4n) is 2.01. The molecular formula is C18H16Cl2N2O4. The summed E-state index contributed by atoms with van der Waals surface area (Å²) in [6.45, 7) is 3.53. The van der Waals surface area contributed by atoms with Gasteiger partial charge in [0.05, 0.1) is 23.4 Å². The van der Waals surface area contributed by atoms with E-state index >= 15 is 0 Å². The summed E-state index contributed by atoms with van der Waals surface area (Å²) in [6, 6.07) is 9.46. The fourth-order valence-corrected chi connectivity index (χ4v) is 2.51. The molecule has 6 nitrogen and oxygen atoms in total. The lowest BCUT2D eigenvalue weighted by atomic mass is 10.2. The van der Waals surface area contributed by atoms with E-state index in [1.54, 1.807) is 24.3 Å². The number of esters is 1. The smallest absolute Gasteiger partial charge is 0.308 e. The Morgan fingerprint density at radius 1 is 1.15 bits per heavy atom. The van der Waals surface area contributed by atoms with E-state index in [4.69, 9.17) is 32.7 Å². The zero-order valence-electron chi connectivity index (χ0n) is 14.1. The molecule has 0 fully saturated rings. The third-order valence-electron chi connectivity index (χ3n) is 3.08. The second-order valence-corrected chi connectivity index (χ2v) is 5.90. The van der Waals surface area contributed by atoms with Crippen molar-refractivity contribution >= 4 is 41.3 Å². The number of carbonyl (C=O) groups is 2. The summed E-state index contributed by atoms with van der Waals surface area (Å²) in [5, 5.41) is 4.56. The van der Waals surface area contributed by atoms with Crippen LogP contribution in [0.5, 0.6) is 11.5 Å². The lowest BCUT2D eigenvalue weighted by Crippen LogP contribution is -2.18. The van der Waals surface area contributed by atoms with Crippen molar-refractivity contribution in [1.82, 2.24) is 5.43 Å². The van der Waals surface area contributed by atoms with E-state index in [0.717, 1.165) is 0 Å². The minimum absolute atomic E-state index is 0.231. The van der Waals surface area contributed by atoms with Crippen molar-refractivity contribution in [2.24, 2.45) is 5.10 Å². The van der Waals surface area contributed by atoms with Crippen molar-refractivity contribution < 1.29 is 19.1 Å². The Labute approximate surface area is 160 Å². The zero-order valence-corrected chi connectivity index (χ0v) is 15.6. The van der Waals surface area contributed by atoms with Crippen LogP contribution < -0.4 is 14.9 Å². The Morgan fingerprint density at radius 2 is 1.92 bits per heavy atom. The van der Waals surface area contributed by atoms with Crippen LogP contribution in [0.2, 0.25) is 10.0 Å². The van der Waals surface area contributed by atoms with Gasteiger partial charge in [-0.05, 0) is 48.9 Å². The number of nitrogens with one attached hydrogen (secondary N) is 1. The molecule has 0 bridgehead atoms.